The van der Waals surface area contributed by atoms with Gasteiger partial charge in [0.15, 0.2) is 0 Å². The van der Waals surface area contributed by atoms with Gasteiger partial charge in [-0.1, -0.05) is 30.3 Å². The van der Waals surface area contributed by atoms with E-state index in [1.807, 2.05) is 30.3 Å². The van der Waals surface area contributed by atoms with Crippen molar-refractivity contribution in [2.45, 2.75) is 24.8 Å². The first-order valence-electron chi connectivity index (χ1n) is 5.42. The van der Waals surface area contributed by atoms with E-state index >= 15 is 0 Å². The molecular formula is C12H13F3O2. The molecule has 1 aromatic carbocycles. The Labute approximate surface area is 97.3 Å². The van der Waals surface area contributed by atoms with Crippen LogP contribution in [0.1, 0.15) is 12.0 Å². The standard InChI is InChI=1S/C12H13F3O2/c13-12(14,15)11(9-17-11)16-8-4-7-10-5-2-1-3-6-10/h1-3,5-6H,4,7-9H2. The lowest BCUT2D eigenvalue weighted by atomic mass is 10.1. The molecule has 1 heterocycles. The molecule has 1 aliphatic heterocycles. The van der Waals surface area contributed by atoms with Crippen molar-refractivity contribution >= 4 is 0 Å². The van der Waals surface area contributed by atoms with Gasteiger partial charge in [0.05, 0.1) is 6.61 Å². The van der Waals surface area contributed by atoms with Gasteiger partial charge in [-0.25, -0.2) is 0 Å². The molecule has 0 aromatic heterocycles. The largest absolute Gasteiger partial charge is 0.445 e. The molecule has 1 aliphatic rings. The van der Waals surface area contributed by atoms with E-state index in [-0.39, 0.29) is 13.2 Å². The van der Waals surface area contributed by atoms with E-state index in [1.165, 1.54) is 0 Å². The fraction of sp³-hybridized carbons (Fsp3) is 0.500. The van der Waals surface area contributed by atoms with Gasteiger partial charge in [-0.05, 0) is 18.4 Å². The Morgan fingerprint density at radius 1 is 1.24 bits per heavy atom. The van der Waals surface area contributed by atoms with Gasteiger partial charge >= 0.3 is 6.18 Å². The van der Waals surface area contributed by atoms with Gasteiger partial charge in [-0.15, -0.1) is 0 Å². The van der Waals surface area contributed by atoms with E-state index in [0.717, 1.165) is 5.56 Å². The molecule has 0 radical (unpaired) electrons. The first-order chi connectivity index (χ1) is 8.04. The van der Waals surface area contributed by atoms with Crippen molar-refractivity contribution in [3.05, 3.63) is 35.9 Å². The van der Waals surface area contributed by atoms with E-state index in [0.29, 0.717) is 12.8 Å². The zero-order valence-electron chi connectivity index (χ0n) is 9.17. The van der Waals surface area contributed by atoms with E-state index in [1.54, 1.807) is 0 Å². The summed E-state index contributed by atoms with van der Waals surface area (Å²) in [5, 5.41) is 0. The van der Waals surface area contributed by atoms with Crippen LogP contribution >= 0.6 is 0 Å². The SMILES string of the molecule is FC(F)(F)C1(OCCCc2ccccc2)CO1. The molecular weight excluding hydrogens is 233 g/mol. The van der Waals surface area contributed by atoms with Gasteiger partial charge in [0, 0.05) is 0 Å². The molecule has 1 atom stereocenters. The quantitative estimate of drug-likeness (QED) is 0.588. The highest BCUT2D eigenvalue weighted by atomic mass is 19.4. The van der Waals surface area contributed by atoms with Crippen LogP contribution in [-0.4, -0.2) is 25.2 Å². The highest BCUT2D eigenvalue weighted by molar-refractivity contribution is 5.14. The van der Waals surface area contributed by atoms with E-state index in [4.69, 9.17) is 4.74 Å². The molecule has 1 unspecified atom stereocenters. The summed E-state index contributed by atoms with van der Waals surface area (Å²) in [6, 6.07) is 9.58. The van der Waals surface area contributed by atoms with Crippen LogP contribution in [0.2, 0.25) is 0 Å². The second-order valence-electron chi connectivity index (χ2n) is 3.98. The highest BCUT2D eigenvalue weighted by Crippen LogP contribution is 2.44. The monoisotopic (exact) mass is 246 g/mol. The van der Waals surface area contributed by atoms with Crippen molar-refractivity contribution in [3.63, 3.8) is 0 Å². The predicted octanol–water partition coefficient (Wildman–Crippen LogP) is 2.92. The summed E-state index contributed by atoms with van der Waals surface area (Å²) in [6.45, 7) is -0.337. The average Bonchev–Trinajstić information content (AvgIpc) is 3.06. The zero-order chi connectivity index (χ0) is 12.4. The van der Waals surface area contributed by atoms with E-state index < -0.39 is 12.0 Å². The van der Waals surface area contributed by atoms with Crippen molar-refractivity contribution in [3.8, 4) is 0 Å². The van der Waals surface area contributed by atoms with Gasteiger partial charge < -0.3 is 9.47 Å². The van der Waals surface area contributed by atoms with Crippen molar-refractivity contribution in [2.24, 2.45) is 0 Å². The molecule has 0 aliphatic carbocycles. The molecule has 0 spiro atoms. The molecule has 0 saturated carbocycles. The number of halogens is 3. The maximum absolute atomic E-state index is 12.4. The van der Waals surface area contributed by atoms with Crippen molar-refractivity contribution in [2.75, 3.05) is 13.2 Å². The lowest BCUT2D eigenvalue weighted by molar-refractivity contribution is -0.271. The van der Waals surface area contributed by atoms with Gasteiger partial charge in [0.1, 0.15) is 6.61 Å². The molecule has 0 N–H and O–H groups in total. The summed E-state index contributed by atoms with van der Waals surface area (Å²) in [5.41, 5.74) is 1.09. The molecule has 2 nitrogen and oxygen atoms in total. The van der Waals surface area contributed by atoms with Gasteiger partial charge in [-0.2, -0.15) is 13.2 Å². The Kier molecular flexibility index (Phi) is 3.40. The van der Waals surface area contributed by atoms with Gasteiger partial charge in [0.2, 0.25) is 0 Å². The van der Waals surface area contributed by atoms with Crippen LogP contribution < -0.4 is 0 Å². The number of alkyl halides is 3. The Bertz CT molecular complexity index is 358. The Balaban J connectivity index is 1.71. The summed E-state index contributed by atoms with van der Waals surface area (Å²) in [6.07, 6.45) is -3.18. The van der Waals surface area contributed by atoms with Crippen LogP contribution in [0.15, 0.2) is 30.3 Å². The maximum atomic E-state index is 12.4. The number of benzene rings is 1. The van der Waals surface area contributed by atoms with Crippen molar-refractivity contribution in [1.82, 2.24) is 0 Å². The van der Waals surface area contributed by atoms with Crippen LogP contribution in [0.4, 0.5) is 13.2 Å². The van der Waals surface area contributed by atoms with Crippen LogP contribution in [-0.2, 0) is 15.9 Å². The van der Waals surface area contributed by atoms with Crippen molar-refractivity contribution in [1.29, 1.82) is 0 Å². The number of aryl methyl sites for hydroxylation is 1. The topological polar surface area (TPSA) is 21.8 Å². The summed E-state index contributed by atoms with van der Waals surface area (Å²) in [7, 11) is 0. The van der Waals surface area contributed by atoms with Gasteiger partial charge in [-0.3, -0.25) is 0 Å². The smallest absolute Gasteiger partial charge is 0.341 e. The molecule has 17 heavy (non-hydrogen) atoms. The number of rotatable bonds is 5. The fourth-order valence-electron chi connectivity index (χ4n) is 1.55. The molecule has 1 aromatic rings. The zero-order valence-corrected chi connectivity index (χ0v) is 9.17. The van der Waals surface area contributed by atoms with Crippen molar-refractivity contribution < 1.29 is 22.6 Å². The molecule has 2 rings (SSSR count). The van der Waals surface area contributed by atoms with Crippen LogP contribution in [0.25, 0.3) is 0 Å². The van der Waals surface area contributed by atoms with Crippen LogP contribution in [0.5, 0.6) is 0 Å². The summed E-state index contributed by atoms with van der Waals surface area (Å²) in [4.78, 5) is 0. The normalized spacial score (nSPS) is 23.7. The van der Waals surface area contributed by atoms with E-state index in [2.05, 4.69) is 4.74 Å². The predicted molar refractivity (Wildman–Crippen MR) is 55.5 cm³/mol. The van der Waals surface area contributed by atoms with Gasteiger partial charge in [0.25, 0.3) is 5.79 Å². The molecule has 1 saturated heterocycles. The summed E-state index contributed by atoms with van der Waals surface area (Å²) in [5.74, 6) is -2.32. The minimum atomic E-state index is -4.43. The first kappa shape index (κ1) is 12.4. The third-order valence-electron chi connectivity index (χ3n) is 2.63. The second-order valence-corrected chi connectivity index (χ2v) is 3.98. The van der Waals surface area contributed by atoms with Crippen LogP contribution in [0, 0.1) is 0 Å². The molecule has 0 bridgehead atoms. The summed E-state index contributed by atoms with van der Waals surface area (Å²) >= 11 is 0. The van der Waals surface area contributed by atoms with E-state index in [9.17, 15) is 13.2 Å². The Morgan fingerprint density at radius 3 is 2.41 bits per heavy atom. The average molecular weight is 246 g/mol. The molecule has 1 fully saturated rings. The minimum Gasteiger partial charge on any atom is -0.341 e. The maximum Gasteiger partial charge on any atom is 0.445 e. The Hall–Kier alpha value is -1.07. The number of hydrogen-bond acceptors (Lipinski definition) is 2. The lowest BCUT2D eigenvalue weighted by Gasteiger charge is -2.16. The minimum absolute atomic E-state index is 0.0500. The highest BCUT2D eigenvalue weighted by Gasteiger charge is 2.67. The second kappa shape index (κ2) is 4.66. The number of hydrogen-bond donors (Lipinski definition) is 0. The number of epoxide rings is 1. The Morgan fingerprint density at radius 2 is 1.88 bits per heavy atom. The lowest BCUT2D eigenvalue weighted by Crippen LogP contribution is -2.36. The summed E-state index contributed by atoms with van der Waals surface area (Å²) < 4.78 is 46.3. The number of ether oxygens (including phenoxy) is 2. The fourth-order valence-corrected chi connectivity index (χ4v) is 1.55. The third kappa shape index (κ3) is 2.98. The third-order valence-corrected chi connectivity index (χ3v) is 2.63. The molecule has 0 amide bonds. The molecule has 94 valence electrons. The van der Waals surface area contributed by atoms with Crippen LogP contribution in [0.3, 0.4) is 0 Å². The molecule has 5 heteroatoms. The first-order valence-corrected chi connectivity index (χ1v) is 5.42.